The van der Waals surface area contributed by atoms with Crippen molar-refractivity contribution < 1.29 is 0 Å². The first kappa shape index (κ1) is 7.07. The Morgan fingerprint density at radius 2 is 1.92 bits per heavy atom. The molecule has 1 nitrogen and oxygen atoms in total. The summed E-state index contributed by atoms with van der Waals surface area (Å²) in [5.74, 6) is 1.55. The lowest BCUT2D eigenvalue weighted by molar-refractivity contribution is 1.31. The maximum Gasteiger partial charge on any atom is 0.0702 e. The second-order valence-corrected chi connectivity index (χ2v) is 3.52. The molecule has 1 heteroatoms. The molecule has 13 heavy (non-hydrogen) atoms. The van der Waals surface area contributed by atoms with Crippen LogP contribution in [-0.2, 0) is 0 Å². The van der Waals surface area contributed by atoms with Crippen molar-refractivity contribution >= 4 is 10.9 Å². The van der Waals surface area contributed by atoms with Crippen LogP contribution in [0.1, 0.15) is 18.4 Å². The highest BCUT2D eigenvalue weighted by Crippen LogP contribution is 2.39. The topological polar surface area (TPSA) is 12.9 Å². The minimum absolute atomic E-state index is 1.09. The van der Waals surface area contributed by atoms with Crippen LogP contribution in [0.5, 0.6) is 0 Å². The van der Waals surface area contributed by atoms with Gasteiger partial charge < -0.3 is 0 Å². The molecule has 0 atom stereocenters. The summed E-state index contributed by atoms with van der Waals surface area (Å²) in [6.07, 6.45) is 4.52. The molecule has 1 radical (unpaired) electrons. The third kappa shape index (κ3) is 1.21. The molecule has 0 spiro atoms. The third-order valence-electron chi connectivity index (χ3n) is 2.50. The van der Waals surface area contributed by atoms with Crippen molar-refractivity contribution in [3.05, 3.63) is 48.0 Å². The number of rotatable bonds is 1. The highest BCUT2D eigenvalue weighted by atomic mass is 14.7. The van der Waals surface area contributed by atoms with Gasteiger partial charge >= 0.3 is 0 Å². The molecule has 0 saturated heterocycles. The van der Waals surface area contributed by atoms with Crippen LogP contribution in [-0.4, -0.2) is 4.98 Å². The van der Waals surface area contributed by atoms with Crippen molar-refractivity contribution in [2.24, 2.45) is 0 Å². The molecule has 1 heterocycles. The Morgan fingerprint density at radius 3 is 2.77 bits per heavy atom. The standard InChI is InChI=1S/C12H10N/c1-2-4-12-10(3-1)7-11(8-13-12)9-5-6-9/h1-4,7-8H,5-6H2. The Morgan fingerprint density at radius 1 is 1.08 bits per heavy atom. The molecule has 0 bridgehead atoms. The number of nitrogens with zero attached hydrogens (tertiary/aromatic N) is 1. The van der Waals surface area contributed by atoms with Crippen molar-refractivity contribution in [3.8, 4) is 0 Å². The molecule has 1 aliphatic carbocycles. The molecule has 0 aliphatic heterocycles. The van der Waals surface area contributed by atoms with Gasteiger partial charge in [-0.05, 0) is 30.5 Å². The van der Waals surface area contributed by atoms with Gasteiger partial charge in [0.2, 0.25) is 0 Å². The third-order valence-corrected chi connectivity index (χ3v) is 2.50. The van der Waals surface area contributed by atoms with Crippen LogP contribution in [0.2, 0.25) is 0 Å². The van der Waals surface area contributed by atoms with Gasteiger partial charge in [-0.15, -0.1) is 0 Å². The Kier molecular flexibility index (Phi) is 1.39. The van der Waals surface area contributed by atoms with E-state index in [0.717, 1.165) is 5.52 Å². The van der Waals surface area contributed by atoms with E-state index < -0.39 is 0 Å². The zero-order chi connectivity index (χ0) is 8.67. The quantitative estimate of drug-likeness (QED) is 0.638. The number of para-hydroxylation sites is 1. The van der Waals surface area contributed by atoms with E-state index in [2.05, 4.69) is 29.2 Å². The van der Waals surface area contributed by atoms with Gasteiger partial charge in [0.1, 0.15) is 0 Å². The van der Waals surface area contributed by atoms with Gasteiger partial charge in [-0.1, -0.05) is 18.2 Å². The normalized spacial score (nSPS) is 16.3. The predicted molar refractivity (Wildman–Crippen MR) is 53.3 cm³/mol. The molecule has 1 saturated carbocycles. The van der Waals surface area contributed by atoms with Crippen LogP contribution < -0.4 is 0 Å². The smallest absolute Gasteiger partial charge is 0.0702 e. The Bertz CT molecular complexity index is 444. The summed E-state index contributed by atoms with van der Waals surface area (Å²) in [6, 6.07) is 10.5. The molecule has 0 amide bonds. The van der Waals surface area contributed by atoms with Gasteiger partial charge in [0, 0.05) is 17.5 Å². The molecule has 3 rings (SSSR count). The molecule has 1 fully saturated rings. The van der Waals surface area contributed by atoms with Gasteiger partial charge in [0.05, 0.1) is 5.52 Å². The Hall–Kier alpha value is -1.37. The van der Waals surface area contributed by atoms with E-state index in [4.69, 9.17) is 0 Å². The van der Waals surface area contributed by atoms with Crippen LogP contribution in [0.4, 0.5) is 0 Å². The molecule has 2 aromatic rings. The number of fused-ring (bicyclic) bond motifs is 1. The molecular formula is C12H10N. The summed E-state index contributed by atoms with van der Waals surface area (Å²) < 4.78 is 0. The predicted octanol–water partition coefficient (Wildman–Crippen LogP) is 2.95. The monoisotopic (exact) mass is 168 g/mol. The van der Waals surface area contributed by atoms with Gasteiger partial charge in [0.25, 0.3) is 0 Å². The highest BCUT2D eigenvalue weighted by Gasteiger charge is 2.24. The van der Waals surface area contributed by atoms with Crippen molar-refractivity contribution in [1.82, 2.24) is 4.98 Å². The van der Waals surface area contributed by atoms with Crippen LogP contribution in [0.25, 0.3) is 10.9 Å². The van der Waals surface area contributed by atoms with Gasteiger partial charge in [-0.25, -0.2) is 0 Å². The Labute approximate surface area is 77.4 Å². The molecule has 1 aromatic heterocycles. The fourth-order valence-corrected chi connectivity index (χ4v) is 1.62. The zero-order valence-electron chi connectivity index (χ0n) is 7.33. The minimum Gasteiger partial charge on any atom is -0.256 e. The lowest BCUT2D eigenvalue weighted by Crippen LogP contribution is -1.83. The second kappa shape index (κ2) is 2.56. The maximum atomic E-state index is 4.42. The van der Waals surface area contributed by atoms with Crippen LogP contribution >= 0.6 is 0 Å². The summed E-state index contributed by atoms with van der Waals surface area (Å²) in [4.78, 5) is 4.42. The average molecular weight is 168 g/mol. The second-order valence-electron chi connectivity index (χ2n) is 3.52. The first-order valence-corrected chi connectivity index (χ1v) is 4.63. The molecular weight excluding hydrogens is 158 g/mol. The van der Waals surface area contributed by atoms with Gasteiger partial charge in [-0.2, -0.15) is 0 Å². The number of hydrogen-bond donors (Lipinski definition) is 0. The fourth-order valence-electron chi connectivity index (χ4n) is 1.62. The first-order valence-electron chi connectivity index (χ1n) is 4.63. The fraction of sp³-hybridized carbons (Fsp3) is 0.167. The minimum atomic E-state index is 1.09. The molecule has 63 valence electrons. The SMILES string of the molecule is c1ccc2ncc([C]3CC3)cc2c1. The number of hydrogen-bond acceptors (Lipinski definition) is 1. The maximum absolute atomic E-state index is 4.42. The van der Waals surface area contributed by atoms with Crippen molar-refractivity contribution in [3.63, 3.8) is 0 Å². The van der Waals surface area contributed by atoms with Crippen molar-refractivity contribution in [2.75, 3.05) is 0 Å². The highest BCUT2D eigenvalue weighted by molar-refractivity contribution is 5.79. The molecule has 0 unspecified atom stereocenters. The van der Waals surface area contributed by atoms with Gasteiger partial charge in [0.15, 0.2) is 0 Å². The number of aromatic nitrogens is 1. The largest absolute Gasteiger partial charge is 0.256 e. The van der Waals surface area contributed by atoms with Crippen LogP contribution in [0, 0.1) is 5.92 Å². The summed E-state index contributed by atoms with van der Waals surface area (Å²) in [5.41, 5.74) is 2.42. The van der Waals surface area contributed by atoms with E-state index in [1.54, 1.807) is 5.92 Å². The van der Waals surface area contributed by atoms with E-state index in [0.29, 0.717) is 0 Å². The van der Waals surface area contributed by atoms with Gasteiger partial charge in [-0.3, -0.25) is 4.98 Å². The lowest BCUT2D eigenvalue weighted by Gasteiger charge is -1.99. The van der Waals surface area contributed by atoms with Crippen molar-refractivity contribution in [2.45, 2.75) is 12.8 Å². The first-order chi connectivity index (χ1) is 6.43. The zero-order valence-corrected chi connectivity index (χ0v) is 7.33. The summed E-state index contributed by atoms with van der Waals surface area (Å²) >= 11 is 0. The van der Waals surface area contributed by atoms with Crippen LogP contribution in [0.3, 0.4) is 0 Å². The average Bonchev–Trinajstić information content (AvgIpc) is 3.00. The van der Waals surface area contributed by atoms with E-state index in [1.165, 1.54) is 23.8 Å². The van der Waals surface area contributed by atoms with Crippen molar-refractivity contribution in [1.29, 1.82) is 0 Å². The van der Waals surface area contributed by atoms with E-state index in [1.807, 2.05) is 12.3 Å². The number of pyridine rings is 1. The molecule has 1 aliphatic rings. The summed E-state index contributed by atoms with van der Waals surface area (Å²) in [7, 11) is 0. The summed E-state index contributed by atoms with van der Waals surface area (Å²) in [5, 5.41) is 1.25. The molecule has 0 N–H and O–H groups in total. The Balaban J connectivity index is 2.21. The lowest BCUT2D eigenvalue weighted by atomic mass is 10.1. The number of benzene rings is 1. The van der Waals surface area contributed by atoms with E-state index >= 15 is 0 Å². The summed E-state index contributed by atoms with van der Waals surface area (Å²) in [6.45, 7) is 0. The molecule has 1 aromatic carbocycles. The van der Waals surface area contributed by atoms with E-state index in [-0.39, 0.29) is 0 Å². The van der Waals surface area contributed by atoms with Crippen LogP contribution in [0.15, 0.2) is 36.5 Å². The van der Waals surface area contributed by atoms with E-state index in [9.17, 15) is 0 Å².